The van der Waals surface area contributed by atoms with E-state index in [9.17, 15) is 9.59 Å². The van der Waals surface area contributed by atoms with Gasteiger partial charge in [0.05, 0.1) is 6.42 Å². The van der Waals surface area contributed by atoms with Gasteiger partial charge in [-0.25, -0.2) is 4.79 Å². The number of hydrogen-bond acceptors (Lipinski definition) is 4. The summed E-state index contributed by atoms with van der Waals surface area (Å²) >= 11 is 0. The third-order valence-electron chi connectivity index (χ3n) is 3.21. The molecule has 0 N–H and O–H groups in total. The van der Waals surface area contributed by atoms with E-state index >= 15 is 0 Å². The minimum absolute atomic E-state index is 0.0730. The van der Waals surface area contributed by atoms with Crippen molar-refractivity contribution in [1.82, 2.24) is 4.90 Å². The van der Waals surface area contributed by atoms with Gasteiger partial charge >= 0.3 is 12.1 Å². The largest absolute Gasteiger partial charge is 0.460 e. The molecule has 1 amide bonds. The summed E-state index contributed by atoms with van der Waals surface area (Å²) in [4.78, 5) is 25.8. The highest BCUT2D eigenvalue weighted by molar-refractivity contribution is 5.71. The van der Waals surface area contributed by atoms with Crippen LogP contribution in [0.3, 0.4) is 0 Å². The van der Waals surface area contributed by atoms with Gasteiger partial charge in [-0.2, -0.15) is 0 Å². The Labute approximate surface area is 133 Å². The van der Waals surface area contributed by atoms with Crippen molar-refractivity contribution < 1.29 is 19.1 Å². The summed E-state index contributed by atoms with van der Waals surface area (Å²) < 4.78 is 10.7. The van der Waals surface area contributed by atoms with E-state index in [-0.39, 0.29) is 24.4 Å². The van der Waals surface area contributed by atoms with Crippen LogP contribution in [-0.4, -0.2) is 41.3 Å². The number of amides is 1. The normalized spacial score (nSPS) is 19.8. The summed E-state index contributed by atoms with van der Waals surface area (Å²) in [6, 6.07) is 0. The second kappa shape index (κ2) is 6.71. The maximum Gasteiger partial charge on any atom is 0.410 e. The Morgan fingerprint density at radius 3 is 2.18 bits per heavy atom. The van der Waals surface area contributed by atoms with Crippen molar-refractivity contribution in [2.75, 3.05) is 13.1 Å². The fraction of sp³-hybridized carbons (Fsp3) is 0.765. The summed E-state index contributed by atoms with van der Waals surface area (Å²) in [5.41, 5.74) is -0.0323. The zero-order valence-electron chi connectivity index (χ0n) is 14.7. The molecule has 0 unspecified atom stereocenters. The topological polar surface area (TPSA) is 55.8 Å². The predicted molar refractivity (Wildman–Crippen MR) is 85.5 cm³/mol. The summed E-state index contributed by atoms with van der Waals surface area (Å²) in [5.74, 6) is -0.333. The van der Waals surface area contributed by atoms with Crippen LogP contribution in [0.2, 0.25) is 0 Å². The minimum Gasteiger partial charge on any atom is -0.460 e. The molecule has 0 saturated carbocycles. The highest BCUT2D eigenvalue weighted by Crippen LogP contribution is 2.26. The molecule has 0 aromatic heterocycles. The van der Waals surface area contributed by atoms with Crippen LogP contribution in [0.5, 0.6) is 0 Å². The fourth-order valence-corrected chi connectivity index (χ4v) is 2.25. The van der Waals surface area contributed by atoms with Crippen LogP contribution < -0.4 is 0 Å². The standard InChI is InChI=1S/C17H29NO4/c1-12-8-9-18(15(20)22-17(5,6)7)11-13(12)10-14(19)21-16(2,3)4/h13H,1,8-11H2,2-7H3/t13-/m0/s1. The molecule has 1 heterocycles. The fourth-order valence-electron chi connectivity index (χ4n) is 2.25. The van der Waals surface area contributed by atoms with Crippen LogP contribution in [0.4, 0.5) is 4.79 Å². The van der Waals surface area contributed by atoms with E-state index < -0.39 is 11.2 Å². The summed E-state index contributed by atoms with van der Waals surface area (Å²) in [6.07, 6.45) is 0.594. The number of piperidine rings is 1. The Balaban J connectivity index is 2.62. The van der Waals surface area contributed by atoms with Gasteiger partial charge in [0.25, 0.3) is 0 Å². The first-order valence-corrected chi connectivity index (χ1v) is 7.75. The molecule has 22 heavy (non-hydrogen) atoms. The molecule has 5 heteroatoms. The second-order valence-electron chi connectivity index (χ2n) is 7.82. The number of rotatable bonds is 2. The average Bonchev–Trinajstić information content (AvgIpc) is 2.27. The van der Waals surface area contributed by atoms with Crippen molar-refractivity contribution in [1.29, 1.82) is 0 Å². The van der Waals surface area contributed by atoms with E-state index in [0.717, 1.165) is 5.57 Å². The number of likely N-dealkylation sites (tertiary alicyclic amines) is 1. The molecular weight excluding hydrogens is 282 g/mol. The first kappa shape index (κ1) is 18.5. The zero-order valence-corrected chi connectivity index (χ0v) is 14.7. The van der Waals surface area contributed by atoms with Gasteiger partial charge in [-0.3, -0.25) is 4.79 Å². The number of carbonyl (C=O) groups excluding carboxylic acids is 2. The van der Waals surface area contributed by atoms with Crippen molar-refractivity contribution in [3.05, 3.63) is 12.2 Å². The quantitative estimate of drug-likeness (QED) is 0.578. The highest BCUT2D eigenvalue weighted by atomic mass is 16.6. The first-order chi connectivity index (χ1) is 9.87. The molecule has 0 radical (unpaired) electrons. The van der Waals surface area contributed by atoms with E-state index in [1.165, 1.54) is 0 Å². The molecule has 0 aromatic rings. The Bertz CT molecular complexity index is 443. The summed E-state index contributed by atoms with van der Waals surface area (Å²) in [6.45, 7) is 16.1. The molecule has 1 aliphatic rings. The lowest BCUT2D eigenvalue weighted by Crippen LogP contribution is -2.44. The average molecular weight is 311 g/mol. The van der Waals surface area contributed by atoms with Gasteiger partial charge in [-0.05, 0) is 48.0 Å². The molecule has 0 spiro atoms. The van der Waals surface area contributed by atoms with Crippen LogP contribution >= 0.6 is 0 Å². The molecule has 1 rings (SSSR count). The molecule has 1 aliphatic heterocycles. The molecule has 1 saturated heterocycles. The van der Waals surface area contributed by atoms with Crippen molar-refractivity contribution in [3.63, 3.8) is 0 Å². The predicted octanol–water partition coefficient (Wildman–Crippen LogP) is 3.53. The smallest absolute Gasteiger partial charge is 0.410 e. The van der Waals surface area contributed by atoms with Crippen molar-refractivity contribution >= 4 is 12.1 Å². The van der Waals surface area contributed by atoms with Gasteiger partial charge < -0.3 is 14.4 Å². The number of carbonyl (C=O) groups is 2. The third kappa shape index (κ3) is 6.50. The van der Waals surface area contributed by atoms with Gasteiger partial charge in [0.15, 0.2) is 0 Å². The Morgan fingerprint density at radius 1 is 1.14 bits per heavy atom. The van der Waals surface area contributed by atoms with Crippen molar-refractivity contribution in [2.24, 2.45) is 5.92 Å². The number of hydrogen-bond donors (Lipinski definition) is 0. The zero-order chi connectivity index (χ0) is 17.1. The van der Waals surface area contributed by atoms with Gasteiger partial charge in [0.2, 0.25) is 0 Å². The Kier molecular flexibility index (Phi) is 5.65. The lowest BCUT2D eigenvalue weighted by atomic mass is 9.90. The summed E-state index contributed by atoms with van der Waals surface area (Å²) in [5, 5.41) is 0. The molecule has 1 fully saturated rings. The van der Waals surface area contributed by atoms with Gasteiger partial charge in [-0.15, -0.1) is 0 Å². The molecule has 0 aromatic carbocycles. The van der Waals surface area contributed by atoms with Crippen LogP contribution in [0.1, 0.15) is 54.4 Å². The Morgan fingerprint density at radius 2 is 1.68 bits per heavy atom. The second-order valence-corrected chi connectivity index (χ2v) is 7.82. The van der Waals surface area contributed by atoms with E-state index in [1.807, 2.05) is 41.5 Å². The van der Waals surface area contributed by atoms with E-state index in [1.54, 1.807) is 4.90 Å². The molecular formula is C17H29NO4. The van der Waals surface area contributed by atoms with Crippen LogP contribution in [0.15, 0.2) is 12.2 Å². The van der Waals surface area contributed by atoms with E-state index in [2.05, 4.69) is 6.58 Å². The first-order valence-electron chi connectivity index (χ1n) is 7.75. The molecule has 1 atom stereocenters. The minimum atomic E-state index is -0.522. The van der Waals surface area contributed by atoms with Crippen LogP contribution in [0.25, 0.3) is 0 Å². The highest BCUT2D eigenvalue weighted by Gasteiger charge is 2.31. The van der Waals surface area contributed by atoms with E-state index in [0.29, 0.717) is 19.5 Å². The van der Waals surface area contributed by atoms with Gasteiger partial charge in [0.1, 0.15) is 11.2 Å². The molecule has 0 aliphatic carbocycles. The summed E-state index contributed by atoms with van der Waals surface area (Å²) in [7, 11) is 0. The number of ether oxygens (including phenoxy) is 2. The SMILES string of the molecule is C=C1CCN(C(=O)OC(C)(C)C)C[C@@H]1CC(=O)OC(C)(C)C. The third-order valence-corrected chi connectivity index (χ3v) is 3.21. The van der Waals surface area contributed by atoms with Gasteiger partial charge in [0, 0.05) is 19.0 Å². The lowest BCUT2D eigenvalue weighted by Gasteiger charge is -2.35. The van der Waals surface area contributed by atoms with E-state index in [4.69, 9.17) is 9.47 Å². The van der Waals surface area contributed by atoms with Crippen LogP contribution in [0, 0.1) is 5.92 Å². The van der Waals surface area contributed by atoms with Crippen molar-refractivity contribution in [2.45, 2.75) is 65.6 Å². The number of esters is 1. The molecule has 0 bridgehead atoms. The lowest BCUT2D eigenvalue weighted by molar-refractivity contribution is -0.156. The Hall–Kier alpha value is -1.52. The monoisotopic (exact) mass is 311 g/mol. The number of nitrogens with zero attached hydrogens (tertiary/aromatic N) is 1. The maximum absolute atomic E-state index is 12.1. The van der Waals surface area contributed by atoms with Gasteiger partial charge in [-0.1, -0.05) is 12.2 Å². The van der Waals surface area contributed by atoms with Crippen molar-refractivity contribution in [3.8, 4) is 0 Å². The molecule has 5 nitrogen and oxygen atoms in total. The van der Waals surface area contributed by atoms with Crippen LogP contribution in [-0.2, 0) is 14.3 Å². The molecule has 126 valence electrons. The maximum atomic E-state index is 12.1.